The standard InChI is InChI=1S/C12H19NO2/c1-9(2)13-8-10-6-5-7-11(14-3)12(10)15-4/h5-7,9,13H,8H2,1-4H3. The molecule has 1 rings (SSSR count). The third-order valence-corrected chi connectivity index (χ3v) is 2.19. The lowest BCUT2D eigenvalue weighted by molar-refractivity contribution is 0.350. The first kappa shape index (κ1) is 11.9. The molecule has 0 radical (unpaired) electrons. The van der Waals surface area contributed by atoms with Crippen molar-refractivity contribution in [3.63, 3.8) is 0 Å². The van der Waals surface area contributed by atoms with Crippen molar-refractivity contribution in [2.75, 3.05) is 14.2 Å². The fourth-order valence-corrected chi connectivity index (χ4v) is 1.41. The van der Waals surface area contributed by atoms with Gasteiger partial charge in [-0.3, -0.25) is 0 Å². The van der Waals surface area contributed by atoms with Crippen molar-refractivity contribution in [2.45, 2.75) is 26.4 Å². The predicted octanol–water partition coefficient (Wildman–Crippen LogP) is 2.20. The van der Waals surface area contributed by atoms with Crippen LogP contribution in [0.5, 0.6) is 11.5 Å². The molecule has 0 aliphatic heterocycles. The minimum absolute atomic E-state index is 0.459. The number of hydrogen-bond donors (Lipinski definition) is 1. The van der Waals surface area contributed by atoms with Gasteiger partial charge in [0, 0.05) is 18.2 Å². The molecule has 0 aromatic heterocycles. The van der Waals surface area contributed by atoms with E-state index < -0.39 is 0 Å². The van der Waals surface area contributed by atoms with Gasteiger partial charge in [-0.05, 0) is 6.07 Å². The molecule has 1 aromatic rings. The van der Waals surface area contributed by atoms with Crippen LogP contribution in [-0.4, -0.2) is 20.3 Å². The normalized spacial score (nSPS) is 10.5. The van der Waals surface area contributed by atoms with Gasteiger partial charge >= 0.3 is 0 Å². The maximum Gasteiger partial charge on any atom is 0.165 e. The Labute approximate surface area is 91.4 Å². The number of ether oxygens (including phenoxy) is 2. The van der Waals surface area contributed by atoms with Crippen LogP contribution in [0.15, 0.2) is 18.2 Å². The van der Waals surface area contributed by atoms with Crippen LogP contribution >= 0.6 is 0 Å². The van der Waals surface area contributed by atoms with E-state index in [1.54, 1.807) is 14.2 Å². The molecular weight excluding hydrogens is 190 g/mol. The molecule has 0 atom stereocenters. The second kappa shape index (κ2) is 5.61. The maximum absolute atomic E-state index is 5.33. The lowest BCUT2D eigenvalue weighted by atomic mass is 10.1. The number of nitrogens with one attached hydrogen (secondary N) is 1. The van der Waals surface area contributed by atoms with Crippen LogP contribution < -0.4 is 14.8 Å². The van der Waals surface area contributed by atoms with Gasteiger partial charge in [0.05, 0.1) is 14.2 Å². The van der Waals surface area contributed by atoms with Crippen molar-refractivity contribution in [1.29, 1.82) is 0 Å². The van der Waals surface area contributed by atoms with E-state index in [-0.39, 0.29) is 0 Å². The second-order valence-corrected chi connectivity index (χ2v) is 3.69. The van der Waals surface area contributed by atoms with E-state index >= 15 is 0 Å². The molecule has 0 bridgehead atoms. The summed E-state index contributed by atoms with van der Waals surface area (Å²) in [5, 5.41) is 3.35. The number of methoxy groups -OCH3 is 2. The summed E-state index contributed by atoms with van der Waals surface area (Å²) in [6.07, 6.45) is 0. The molecule has 0 fully saturated rings. The molecular formula is C12H19NO2. The summed E-state index contributed by atoms with van der Waals surface area (Å²) in [5.41, 5.74) is 1.12. The summed E-state index contributed by atoms with van der Waals surface area (Å²) in [6.45, 7) is 5.03. The molecule has 0 aliphatic carbocycles. The predicted molar refractivity (Wildman–Crippen MR) is 61.5 cm³/mol. The molecule has 0 spiro atoms. The number of benzene rings is 1. The zero-order valence-electron chi connectivity index (χ0n) is 9.83. The van der Waals surface area contributed by atoms with E-state index in [0.29, 0.717) is 6.04 Å². The largest absolute Gasteiger partial charge is 0.493 e. The fourth-order valence-electron chi connectivity index (χ4n) is 1.41. The molecule has 15 heavy (non-hydrogen) atoms. The topological polar surface area (TPSA) is 30.5 Å². The highest BCUT2D eigenvalue weighted by molar-refractivity contribution is 5.46. The highest BCUT2D eigenvalue weighted by Crippen LogP contribution is 2.30. The van der Waals surface area contributed by atoms with Crippen LogP contribution in [0.2, 0.25) is 0 Å². The molecule has 0 amide bonds. The molecule has 0 heterocycles. The number of hydrogen-bond acceptors (Lipinski definition) is 3. The summed E-state index contributed by atoms with van der Waals surface area (Å²) in [7, 11) is 3.31. The van der Waals surface area contributed by atoms with Gasteiger partial charge in [0.15, 0.2) is 11.5 Å². The zero-order chi connectivity index (χ0) is 11.3. The van der Waals surface area contributed by atoms with Crippen molar-refractivity contribution in [3.05, 3.63) is 23.8 Å². The fraction of sp³-hybridized carbons (Fsp3) is 0.500. The quantitative estimate of drug-likeness (QED) is 0.806. The molecule has 3 heteroatoms. The Morgan fingerprint density at radius 3 is 2.47 bits per heavy atom. The van der Waals surface area contributed by atoms with E-state index in [1.807, 2.05) is 18.2 Å². The van der Waals surface area contributed by atoms with Gasteiger partial charge in [-0.15, -0.1) is 0 Å². The molecule has 0 saturated carbocycles. The van der Waals surface area contributed by atoms with Gasteiger partial charge in [-0.1, -0.05) is 26.0 Å². The van der Waals surface area contributed by atoms with Gasteiger partial charge in [-0.2, -0.15) is 0 Å². The van der Waals surface area contributed by atoms with Gasteiger partial charge in [-0.25, -0.2) is 0 Å². The number of para-hydroxylation sites is 1. The summed E-state index contributed by atoms with van der Waals surface area (Å²) < 4.78 is 10.6. The maximum atomic E-state index is 5.33. The Morgan fingerprint density at radius 2 is 1.93 bits per heavy atom. The Balaban J connectivity index is 2.86. The van der Waals surface area contributed by atoms with Crippen LogP contribution in [-0.2, 0) is 6.54 Å². The van der Waals surface area contributed by atoms with Crippen LogP contribution in [0.25, 0.3) is 0 Å². The molecule has 3 nitrogen and oxygen atoms in total. The third-order valence-electron chi connectivity index (χ3n) is 2.19. The van der Waals surface area contributed by atoms with Crippen molar-refractivity contribution in [2.24, 2.45) is 0 Å². The first-order valence-corrected chi connectivity index (χ1v) is 5.12. The minimum atomic E-state index is 0.459. The lowest BCUT2D eigenvalue weighted by Crippen LogP contribution is -2.22. The average Bonchev–Trinajstić information content (AvgIpc) is 2.25. The number of rotatable bonds is 5. The first-order valence-electron chi connectivity index (χ1n) is 5.12. The lowest BCUT2D eigenvalue weighted by Gasteiger charge is -2.14. The highest BCUT2D eigenvalue weighted by atomic mass is 16.5. The molecule has 0 saturated heterocycles. The molecule has 1 N–H and O–H groups in total. The zero-order valence-corrected chi connectivity index (χ0v) is 9.83. The SMILES string of the molecule is COc1cccc(CNC(C)C)c1OC. The summed E-state index contributed by atoms with van der Waals surface area (Å²) >= 11 is 0. The van der Waals surface area contributed by atoms with E-state index in [1.165, 1.54) is 0 Å². The van der Waals surface area contributed by atoms with E-state index in [4.69, 9.17) is 9.47 Å². The minimum Gasteiger partial charge on any atom is -0.493 e. The molecule has 1 aromatic carbocycles. The van der Waals surface area contributed by atoms with E-state index in [9.17, 15) is 0 Å². The van der Waals surface area contributed by atoms with Crippen LogP contribution in [0.4, 0.5) is 0 Å². The third kappa shape index (κ3) is 3.13. The van der Waals surface area contributed by atoms with Gasteiger partial charge in [0.2, 0.25) is 0 Å². The second-order valence-electron chi connectivity index (χ2n) is 3.69. The molecule has 84 valence electrons. The van der Waals surface area contributed by atoms with Crippen molar-refractivity contribution < 1.29 is 9.47 Å². The van der Waals surface area contributed by atoms with E-state index in [2.05, 4.69) is 19.2 Å². The summed E-state index contributed by atoms with van der Waals surface area (Å²) in [6, 6.07) is 6.37. The summed E-state index contributed by atoms with van der Waals surface area (Å²) in [4.78, 5) is 0. The van der Waals surface area contributed by atoms with Gasteiger partial charge in [0.1, 0.15) is 0 Å². The van der Waals surface area contributed by atoms with Crippen LogP contribution in [0.3, 0.4) is 0 Å². The van der Waals surface area contributed by atoms with E-state index in [0.717, 1.165) is 23.6 Å². The average molecular weight is 209 g/mol. The van der Waals surface area contributed by atoms with Crippen LogP contribution in [0, 0.1) is 0 Å². The van der Waals surface area contributed by atoms with Crippen molar-refractivity contribution in [1.82, 2.24) is 5.32 Å². The van der Waals surface area contributed by atoms with Crippen molar-refractivity contribution in [3.8, 4) is 11.5 Å². The molecule has 0 aliphatic rings. The monoisotopic (exact) mass is 209 g/mol. The van der Waals surface area contributed by atoms with Gasteiger partial charge < -0.3 is 14.8 Å². The Kier molecular flexibility index (Phi) is 4.43. The van der Waals surface area contributed by atoms with Crippen molar-refractivity contribution >= 4 is 0 Å². The van der Waals surface area contributed by atoms with Gasteiger partial charge in [0.25, 0.3) is 0 Å². The summed E-state index contributed by atoms with van der Waals surface area (Å²) in [5.74, 6) is 1.59. The Bertz CT molecular complexity index is 310. The highest BCUT2D eigenvalue weighted by Gasteiger charge is 2.08. The first-order chi connectivity index (χ1) is 7.19. The Morgan fingerprint density at radius 1 is 1.20 bits per heavy atom. The smallest absolute Gasteiger partial charge is 0.165 e. The Hall–Kier alpha value is -1.22. The van der Waals surface area contributed by atoms with Crippen LogP contribution in [0.1, 0.15) is 19.4 Å². The molecule has 0 unspecified atom stereocenters.